The third kappa shape index (κ3) is 7.82. The summed E-state index contributed by atoms with van der Waals surface area (Å²) in [6.45, 7) is 15.9. The van der Waals surface area contributed by atoms with Crippen LogP contribution in [0.5, 0.6) is 11.5 Å². The Labute approximate surface area is 382 Å². The molecule has 0 saturated carbocycles. The van der Waals surface area contributed by atoms with E-state index in [4.69, 9.17) is 9.72 Å². The zero-order valence-corrected chi connectivity index (χ0v) is 38.2. The molecule has 320 valence electrons. The Kier molecular flexibility index (Phi) is 10.4. The average molecular weight is 847 g/mol. The summed E-state index contributed by atoms with van der Waals surface area (Å²) in [5.41, 5.74) is 11.8. The third-order valence-corrected chi connectivity index (χ3v) is 13.2. The van der Waals surface area contributed by atoms with E-state index in [1.807, 2.05) is 12.3 Å². The highest BCUT2D eigenvalue weighted by atomic mass is 16.5. The number of aromatic nitrogens is 4. The van der Waals surface area contributed by atoms with Crippen molar-refractivity contribution in [2.75, 3.05) is 0 Å². The van der Waals surface area contributed by atoms with Crippen molar-refractivity contribution >= 4 is 21.8 Å². The average Bonchev–Trinajstić information content (AvgIpc) is 3.93. The maximum absolute atomic E-state index is 6.81. The molecule has 0 radical (unpaired) electrons. The van der Waals surface area contributed by atoms with Gasteiger partial charge in [0.1, 0.15) is 17.3 Å². The van der Waals surface area contributed by atoms with E-state index in [0.717, 1.165) is 56.4 Å². The predicted octanol–water partition coefficient (Wildman–Crippen LogP) is 14.5. The summed E-state index contributed by atoms with van der Waals surface area (Å²) in [7, 11) is 0. The summed E-state index contributed by atoms with van der Waals surface area (Å²) in [4.78, 5) is 4.89. The van der Waals surface area contributed by atoms with Crippen LogP contribution in [0.25, 0.3) is 50.1 Å². The lowest BCUT2D eigenvalue weighted by molar-refractivity contribution is -0.599. The molecule has 3 aromatic heterocycles. The molecule has 0 bridgehead atoms. The molecule has 3 heterocycles. The lowest BCUT2D eigenvalue weighted by Crippen LogP contribution is -2.30. The Morgan fingerprint density at radius 2 is 1.14 bits per heavy atom. The minimum absolute atomic E-state index is 0.0171. The molecule has 65 heavy (non-hydrogen) atoms. The van der Waals surface area contributed by atoms with Crippen LogP contribution in [0.4, 0.5) is 0 Å². The lowest BCUT2D eigenvalue weighted by Gasteiger charge is -2.28. The highest BCUT2D eigenvalue weighted by Gasteiger charge is 2.30. The molecule has 7 aromatic carbocycles. The van der Waals surface area contributed by atoms with E-state index in [1.165, 1.54) is 33.2 Å². The zero-order valence-electron chi connectivity index (χ0n) is 38.2. The number of hydrogen-bond acceptors (Lipinski definition) is 2. The maximum Gasteiger partial charge on any atom is 0.269 e. The lowest BCUT2D eigenvalue weighted by atomic mass is 9.77. The summed E-state index contributed by atoms with van der Waals surface area (Å²) in [6.07, 6.45) is 7.99. The van der Waals surface area contributed by atoms with Crippen LogP contribution in [0.2, 0.25) is 0 Å². The number of nitrogens with zero attached hydrogens (tertiary/aromatic N) is 4. The maximum atomic E-state index is 6.81. The Hall–Kier alpha value is -7.50. The first kappa shape index (κ1) is 41.5. The van der Waals surface area contributed by atoms with Crippen molar-refractivity contribution < 1.29 is 9.30 Å². The Morgan fingerprint density at radius 1 is 0.492 bits per heavy atom. The highest BCUT2D eigenvalue weighted by Crippen LogP contribution is 2.39. The fourth-order valence-electron chi connectivity index (χ4n) is 9.16. The molecule has 5 nitrogen and oxygen atoms in total. The summed E-state index contributed by atoms with van der Waals surface area (Å²) in [5, 5.41) is 2.32. The van der Waals surface area contributed by atoms with E-state index in [-0.39, 0.29) is 16.2 Å². The van der Waals surface area contributed by atoms with Crippen molar-refractivity contribution in [2.24, 2.45) is 0 Å². The molecule has 0 aliphatic carbocycles. The molecule has 0 aliphatic rings. The van der Waals surface area contributed by atoms with Gasteiger partial charge in [-0.15, -0.1) is 0 Å². The first-order valence-corrected chi connectivity index (χ1v) is 22.5. The van der Waals surface area contributed by atoms with Crippen molar-refractivity contribution in [1.29, 1.82) is 0 Å². The number of para-hydroxylation sites is 1. The SMILES string of the molecule is CC(C)(C)c1ccnc(-n2c3ccccc3c3ccc(Oc4cccc(-n5[c-][n+](-c6cc(-c7ccccc7)cc(C(C)(C)c7ccccc7)c6)cc5C(C)(C)c5ccccc5)c4)cc32)c1. The fraction of sp³-hybridized carbons (Fsp3) is 0.167. The van der Waals surface area contributed by atoms with Crippen molar-refractivity contribution in [3.05, 3.63) is 235 Å². The zero-order chi connectivity index (χ0) is 44.9. The number of hydrogen-bond donors (Lipinski definition) is 0. The van der Waals surface area contributed by atoms with Gasteiger partial charge >= 0.3 is 0 Å². The van der Waals surface area contributed by atoms with Crippen molar-refractivity contribution in [1.82, 2.24) is 14.1 Å². The minimum atomic E-state index is -0.389. The molecule has 0 spiro atoms. The Morgan fingerprint density at radius 3 is 1.86 bits per heavy atom. The third-order valence-electron chi connectivity index (χ3n) is 13.2. The summed E-state index contributed by atoms with van der Waals surface area (Å²) < 4.78 is 13.4. The number of imidazole rings is 1. The van der Waals surface area contributed by atoms with Gasteiger partial charge in [0.25, 0.3) is 6.33 Å². The van der Waals surface area contributed by atoms with Crippen LogP contribution >= 0.6 is 0 Å². The van der Waals surface area contributed by atoms with Gasteiger partial charge in [-0.25, -0.2) is 4.98 Å². The van der Waals surface area contributed by atoms with E-state index < -0.39 is 0 Å². The number of rotatable bonds is 10. The van der Waals surface area contributed by atoms with Gasteiger partial charge in [0, 0.05) is 40.1 Å². The Balaban J connectivity index is 1.09. The van der Waals surface area contributed by atoms with Gasteiger partial charge in [0.2, 0.25) is 0 Å². The van der Waals surface area contributed by atoms with Gasteiger partial charge in [-0.3, -0.25) is 13.7 Å². The van der Waals surface area contributed by atoms with Crippen molar-refractivity contribution in [2.45, 2.75) is 64.7 Å². The van der Waals surface area contributed by atoms with Gasteiger partial charge in [-0.05, 0) is 99.5 Å². The summed E-state index contributed by atoms with van der Waals surface area (Å²) >= 11 is 0. The monoisotopic (exact) mass is 846 g/mol. The van der Waals surface area contributed by atoms with Crippen molar-refractivity contribution in [3.8, 4) is 39.8 Å². The summed E-state index contributed by atoms with van der Waals surface area (Å²) in [6, 6.07) is 66.7. The molecule has 0 aliphatic heterocycles. The topological polar surface area (TPSA) is 35.9 Å². The second kappa shape index (κ2) is 16.2. The van der Waals surface area contributed by atoms with E-state index in [2.05, 4.69) is 257 Å². The second-order valence-corrected chi connectivity index (χ2v) is 19.2. The van der Waals surface area contributed by atoms with E-state index >= 15 is 0 Å². The summed E-state index contributed by atoms with van der Waals surface area (Å²) in [5.74, 6) is 2.36. The van der Waals surface area contributed by atoms with Crippen LogP contribution in [-0.4, -0.2) is 14.1 Å². The van der Waals surface area contributed by atoms with Crippen LogP contribution in [0.15, 0.2) is 200 Å². The van der Waals surface area contributed by atoms with E-state index in [0.29, 0.717) is 0 Å². The van der Waals surface area contributed by atoms with Gasteiger partial charge < -0.3 is 4.74 Å². The van der Waals surface area contributed by atoms with E-state index in [1.54, 1.807) is 0 Å². The molecule has 0 fully saturated rings. The molecular weight excluding hydrogens is 793 g/mol. The fourth-order valence-corrected chi connectivity index (χ4v) is 9.16. The van der Waals surface area contributed by atoms with E-state index in [9.17, 15) is 0 Å². The van der Waals surface area contributed by atoms with Crippen LogP contribution in [0, 0.1) is 6.33 Å². The van der Waals surface area contributed by atoms with Crippen LogP contribution in [0.1, 0.15) is 76.4 Å². The number of benzene rings is 7. The minimum Gasteiger partial charge on any atom is -0.458 e. The predicted molar refractivity (Wildman–Crippen MR) is 266 cm³/mol. The molecule has 0 saturated heterocycles. The number of pyridine rings is 1. The van der Waals surface area contributed by atoms with Crippen molar-refractivity contribution in [3.63, 3.8) is 0 Å². The Bertz CT molecular complexity index is 3320. The van der Waals surface area contributed by atoms with Crippen LogP contribution in [0.3, 0.4) is 0 Å². The normalized spacial score (nSPS) is 12.2. The van der Waals surface area contributed by atoms with Gasteiger partial charge in [0.05, 0.1) is 28.1 Å². The standard InChI is InChI=1S/C60H54N4O/c1-58(2,3)46-32-33-61-57(37-46)64-54-29-18-17-28-52(54)53-31-30-51(39-55(53)64)65-50-27-19-26-48(38-50)63-41-62(40-56(63)60(6,7)45-24-15-10-16-25-45)49-35-43(42-20-11-8-12-21-42)34-47(36-49)59(4,5)44-22-13-9-14-23-44/h8-40H,1-7H3. The number of ether oxygens (including phenoxy) is 1. The molecule has 10 rings (SSSR count). The van der Waals surface area contributed by atoms with Crippen LogP contribution < -0.4 is 9.30 Å². The smallest absolute Gasteiger partial charge is 0.269 e. The molecule has 0 N–H and O–H groups in total. The highest BCUT2D eigenvalue weighted by molar-refractivity contribution is 6.09. The first-order valence-electron chi connectivity index (χ1n) is 22.5. The quantitative estimate of drug-likeness (QED) is 0.102. The molecule has 0 unspecified atom stereocenters. The number of fused-ring (bicyclic) bond motifs is 3. The molecular formula is C60H54N4O. The molecule has 0 amide bonds. The molecule has 10 aromatic rings. The second-order valence-electron chi connectivity index (χ2n) is 19.2. The van der Waals surface area contributed by atoms with Gasteiger partial charge in [-0.2, -0.15) is 0 Å². The van der Waals surface area contributed by atoms with Gasteiger partial charge in [-0.1, -0.05) is 170 Å². The molecule has 0 atom stereocenters. The van der Waals surface area contributed by atoms with Gasteiger partial charge in [0.15, 0.2) is 0 Å². The first-order chi connectivity index (χ1) is 31.3. The largest absolute Gasteiger partial charge is 0.458 e. The van der Waals surface area contributed by atoms with Crippen LogP contribution in [-0.2, 0) is 16.2 Å². The molecule has 5 heteroatoms.